The normalized spacial score (nSPS) is 13.1. The SMILES string of the molecule is C[Si](C)(C)C1=[C-]CC([Si](C)(C)C)=C1[Si](C)(C)C.[Cl-].[Cl-].[Zr+2]=[C](c1ccccc1)c1ccccc1.c1ccc2c(c1)[cH-]c1ccccc12. The summed E-state index contributed by atoms with van der Waals surface area (Å²) in [6, 6.07) is 40.4. The van der Waals surface area contributed by atoms with Crippen LogP contribution >= 0.6 is 0 Å². The number of hydrogen-bond donors (Lipinski definition) is 0. The van der Waals surface area contributed by atoms with E-state index in [2.05, 4.69) is 180 Å². The minimum absolute atomic E-state index is 0. The smallest absolute Gasteiger partial charge is 0.0771 e. The van der Waals surface area contributed by atoms with Gasteiger partial charge in [-0.25, -0.2) is 10.4 Å². The summed E-state index contributed by atoms with van der Waals surface area (Å²) in [5, 5.41) is 10.7. The Morgan fingerprint density at radius 2 is 0.935 bits per heavy atom. The Bertz CT molecular complexity index is 1690. The molecule has 0 fully saturated rings. The van der Waals surface area contributed by atoms with Gasteiger partial charge in [0.25, 0.3) is 0 Å². The first-order valence-electron chi connectivity index (χ1n) is 15.8. The van der Waals surface area contributed by atoms with Crippen molar-refractivity contribution in [2.75, 3.05) is 0 Å². The van der Waals surface area contributed by atoms with Gasteiger partial charge in [0.1, 0.15) is 0 Å². The first-order chi connectivity index (χ1) is 20.7. The predicted molar refractivity (Wildman–Crippen MR) is 202 cm³/mol. The van der Waals surface area contributed by atoms with Crippen LogP contribution in [0.15, 0.2) is 131 Å². The molecular formula is C40H48Cl2Si3Zr-2. The molecule has 1 aliphatic rings. The molecule has 0 atom stereocenters. The molecule has 0 spiro atoms. The van der Waals surface area contributed by atoms with E-state index >= 15 is 0 Å². The van der Waals surface area contributed by atoms with Crippen LogP contribution in [0.1, 0.15) is 17.5 Å². The average Bonchev–Trinajstić information content (AvgIpc) is 3.62. The molecule has 6 heteroatoms. The fraction of sp³-hybridized carbons (Fsp3) is 0.250. The van der Waals surface area contributed by atoms with Gasteiger partial charge >= 0.3 is 99.2 Å². The topological polar surface area (TPSA) is 0 Å². The van der Waals surface area contributed by atoms with Crippen molar-refractivity contribution in [1.29, 1.82) is 0 Å². The summed E-state index contributed by atoms with van der Waals surface area (Å²) < 4.78 is 1.42. The Balaban J connectivity index is 0.000000236. The van der Waals surface area contributed by atoms with Gasteiger partial charge in [-0.2, -0.15) is 5.20 Å². The van der Waals surface area contributed by atoms with Gasteiger partial charge in [0.05, 0.1) is 8.07 Å². The van der Waals surface area contributed by atoms with E-state index in [1.807, 2.05) is 10.4 Å². The summed E-state index contributed by atoms with van der Waals surface area (Å²) >= 11 is 1.46. The monoisotopic (exact) mass is 772 g/mol. The molecule has 0 N–H and O–H groups in total. The van der Waals surface area contributed by atoms with E-state index in [4.69, 9.17) is 0 Å². The van der Waals surface area contributed by atoms with Crippen molar-refractivity contribution >= 4 is 49.0 Å². The number of fused-ring (bicyclic) bond motifs is 3. The van der Waals surface area contributed by atoms with Crippen LogP contribution in [0.5, 0.6) is 0 Å². The van der Waals surface area contributed by atoms with E-state index in [0.29, 0.717) is 0 Å². The second-order valence-electron chi connectivity index (χ2n) is 14.8. The van der Waals surface area contributed by atoms with Crippen LogP contribution in [-0.4, -0.2) is 27.4 Å². The molecule has 5 aromatic rings. The summed E-state index contributed by atoms with van der Waals surface area (Å²) in [6.45, 7) is 22.4. The van der Waals surface area contributed by atoms with Gasteiger partial charge in [-0.15, -0.1) is 46.2 Å². The van der Waals surface area contributed by atoms with Crippen molar-refractivity contribution in [2.24, 2.45) is 0 Å². The quantitative estimate of drug-likeness (QED) is 0.162. The van der Waals surface area contributed by atoms with Gasteiger partial charge in [-0.05, 0) is 8.07 Å². The number of rotatable bonds is 5. The molecule has 6 rings (SSSR count). The van der Waals surface area contributed by atoms with Crippen LogP contribution in [0.4, 0.5) is 0 Å². The molecule has 0 aromatic heterocycles. The van der Waals surface area contributed by atoms with Gasteiger partial charge < -0.3 is 24.8 Å². The molecule has 0 saturated carbocycles. The van der Waals surface area contributed by atoms with E-state index in [-0.39, 0.29) is 24.8 Å². The zero-order valence-electron chi connectivity index (χ0n) is 28.9. The molecule has 0 unspecified atom stereocenters. The number of allylic oxidation sites excluding steroid dienone is 4. The van der Waals surface area contributed by atoms with Gasteiger partial charge in [0.2, 0.25) is 0 Å². The molecule has 0 heterocycles. The fourth-order valence-electron chi connectivity index (χ4n) is 5.89. The molecular weight excluding hydrogens is 727 g/mol. The second-order valence-corrected chi connectivity index (χ2v) is 31.1. The van der Waals surface area contributed by atoms with Crippen LogP contribution < -0.4 is 24.8 Å². The second kappa shape index (κ2) is 17.0. The van der Waals surface area contributed by atoms with Crippen LogP contribution in [-0.2, 0) is 24.2 Å². The maximum atomic E-state index is 3.78. The minimum Gasteiger partial charge on any atom is -0.126 e. The maximum absolute atomic E-state index is 3.78. The number of benzene rings is 4. The van der Waals surface area contributed by atoms with Gasteiger partial charge in [0.15, 0.2) is 0 Å². The molecule has 1 aliphatic carbocycles. The Morgan fingerprint density at radius 3 is 1.30 bits per heavy atom. The van der Waals surface area contributed by atoms with Crippen molar-refractivity contribution in [1.82, 2.24) is 0 Å². The fourth-order valence-corrected chi connectivity index (χ4v) is 16.2. The zero-order chi connectivity index (χ0) is 32.1. The third-order valence-electron chi connectivity index (χ3n) is 8.05. The van der Waals surface area contributed by atoms with Gasteiger partial charge in [-0.1, -0.05) is 95.3 Å². The van der Waals surface area contributed by atoms with Crippen LogP contribution in [0.3, 0.4) is 0 Å². The molecule has 0 nitrogen and oxygen atoms in total. The largest absolute Gasteiger partial charge is 0.126 e. The van der Waals surface area contributed by atoms with Crippen molar-refractivity contribution in [3.63, 3.8) is 0 Å². The van der Waals surface area contributed by atoms with Gasteiger partial charge in [-0.3, -0.25) is 6.08 Å². The van der Waals surface area contributed by atoms with E-state index in [0.717, 1.165) is 6.42 Å². The summed E-state index contributed by atoms with van der Waals surface area (Å²) in [7, 11) is -3.60. The molecule has 0 saturated heterocycles. The molecule has 0 bridgehead atoms. The summed E-state index contributed by atoms with van der Waals surface area (Å²) in [5.74, 6) is 0. The van der Waals surface area contributed by atoms with Crippen molar-refractivity contribution in [3.8, 4) is 0 Å². The first-order valence-corrected chi connectivity index (χ1v) is 27.5. The maximum Gasteiger partial charge on any atom is -0.0771 e. The summed E-state index contributed by atoms with van der Waals surface area (Å²) in [6.07, 6.45) is 4.93. The first kappa shape index (κ1) is 40.4. The summed E-state index contributed by atoms with van der Waals surface area (Å²) in [5.41, 5.74) is 2.66. The van der Waals surface area contributed by atoms with Crippen LogP contribution in [0.25, 0.3) is 21.5 Å². The molecule has 0 amide bonds. The molecule has 240 valence electrons. The standard InChI is InChI=1S/C14H29Si3.C13H9.C13H10.2ClH.Zr/c1-15(2,3)12-10-11-13(16(4,5)6)14(12)17(7,8)9;1-3-7-12-10(5-1)9-11-6-2-4-8-13(11)12;1-3-7-12(8-4-1)11-13-9-5-2-6-10-13;;;/h10H2,1-9H3;1-9H;1-10H;2*1H;/q2*-1;;;;+2/p-2. The average molecular weight is 775 g/mol. The Labute approximate surface area is 309 Å². The van der Waals surface area contributed by atoms with Crippen molar-refractivity contribution < 1.29 is 49.0 Å². The molecule has 0 aliphatic heterocycles. The van der Waals surface area contributed by atoms with Crippen molar-refractivity contribution in [2.45, 2.75) is 65.3 Å². The number of halogens is 2. The number of hydrogen-bond acceptors (Lipinski definition) is 0. The minimum atomic E-state index is -1.22. The van der Waals surface area contributed by atoms with Crippen molar-refractivity contribution in [3.05, 3.63) is 148 Å². The van der Waals surface area contributed by atoms with E-state index < -0.39 is 24.2 Å². The Morgan fingerprint density at radius 1 is 0.543 bits per heavy atom. The van der Waals surface area contributed by atoms with Gasteiger partial charge in [0, 0.05) is 8.07 Å². The van der Waals surface area contributed by atoms with E-state index in [1.165, 1.54) is 60.1 Å². The zero-order valence-corrected chi connectivity index (χ0v) is 35.9. The molecule has 5 aromatic carbocycles. The van der Waals surface area contributed by atoms with Crippen LogP contribution in [0, 0.1) is 6.08 Å². The Hall–Kier alpha value is -1.79. The Kier molecular flexibility index (Phi) is 15.0. The van der Waals surface area contributed by atoms with Crippen LogP contribution in [0.2, 0.25) is 58.9 Å². The molecule has 0 radical (unpaired) electrons. The van der Waals surface area contributed by atoms with E-state index in [9.17, 15) is 0 Å². The molecule has 46 heavy (non-hydrogen) atoms. The third-order valence-corrected chi connectivity index (χ3v) is 16.2. The predicted octanol–water partition coefficient (Wildman–Crippen LogP) is 5.57. The third kappa shape index (κ3) is 10.4. The van der Waals surface area contributed by atoms with E-state index in [1.54, 1.807) is 5.20 Å². The summed E-state index contributed by atoms with van der Waals surface area (Å²) in [4.78, 5) is 0.